The topological polar surface area (TPSA) is 26.3 Å². The summed E-state index contributed by atoms with van der Waals surface area (Å²) in [7, 11) is 1.59. The predicted molar refractivity (Wildman–Crippen MR) is 66.6 cm³/mol. The molecule has 2 nitrogen and oxygen atoms in total. The maximum absolute atomic E-state index is 10.2. The normalized spacial score (nSPS) is 10.2. The Morgan fingerprint density at radius 1 is 1.31 bits per heavy atom. The lowest BCUT2D eigenvalue weighted by Gasteiger charge is -2.10. The van der Waals surface area contributed by atoms with Crippen molar-refractivity contribution in [3.63, 3.8) is 0 Å². The highest BCUT2D eigenvalue weighted by atomic mass is 35.5. The van der Waals surface area contributed by atoms with Crippen LogP contribution in [-0.2, 0) is 11.2 Å². The SMILES string of the molecule is COc1c(Cl)cc(Cl)cc1CCCCC=O. The Kier molecular flexibility index (Phi) is 5.64. The van der Waals surface area contributed by atoms with Gasteiger partial charge in [0.05, 0.1) is 12.1 Å². The van der Waals surface area contributed by atoms with E-state index >= 15 is 0 Å². The van der Waals surface area contributed by atoms with Crippen LogP contribution >= 0.6 is 23.2 Å². The van der Waals surface area contributed by atoms with Crippen LogP contribution in [0.15, 0.2) is 12.1 Å². The molecule has 0 amide bonds. The number of benzene rings is 1. The first-order valence-electron chi connectivity index (χ1n) is 5.14. The highest BCUT2D eigenvalue weighted by molar-refractivity contribution is 6.35. The fourth-order valence-electron chi connectivity index (χ4n) is 1.57. The zero-order chi connectivity index (χ0) is 12.0. The van der Waals surface area contributed by atoms with E-state index < -0.39 is 0 Å². The Balaban J connectivity index is 2.73. The van der Waals surface area contributed by atoms with Gasteiger partial charge in [-0.3, -0.25) is 0 Å². The summed E-state index contributed by atoms with van der Waals surface area (Å²) >= 11 is 11.9. The van der Waals surface area contributed by atoms with Crippen LogP contribution in [0, 0.1) is 0 Å². The number of rotatable bonds is 6. The fraction of sp³-hybridized carbons (Fsp3) is 0.417. The van der Waals surface area contributed by atoms with Crippen LogP contribution < -0.4 is 4.74 Å². The smallest absolute Gasteiger partial charge is 0.140 e. The first kappa shape index (κ1) is 13.3. The van der Waals surface area contributed by atoms with Crippen molar-refractivity contribution >= 4 is 29.5 Å². The Labute approximate surface area is 106 Å². The van der Waals surface area contributed by atoms with E-state index in [4.69, 9.17) is 27.9 Å². The fourth-order valence-corrected chi connectivity index (χ4v) is 2.18. The van der Waals surface area contributed by atoms with Gasteiger partial charge < -0.3 is 9.53 Å². The molecule has 0 N–H and O–H groups in total. The minimum Gasteiger partial charge on any atom is -0.495 e. The van der Waals surface area contributed by atoms with Gasteiger partial charge in [0.15, 0.2) is 0 Å². The molecule has 88 valence electrons. The van der Waals surface area contributed by atoms with E-state index in [1.165, 1.54) is 0 Å². The maximum atomic E-state index is 10.2. The predicted octanol–water partition coefficient (Wildman–Crippen LogP) is 3.91. The molecule has 1 rings (SSSR count). The zero-order valence-corrected chi connectivity index (χ0v) is 10.6. The molecule has 16 heavy (non-hydrogen) atoms. The van der Waals surface area contributed by atoms with Gasteiger partial charge in [0, 0.05) is 11.4 Å². The lowest BCUT2D eigenvalue weighted by molar-refractivity contribution is -0.107. The quantitative estimate of drug-likeness (QED) is 0.573. The second-order valence-electron chi connectivity index (χ2n) is 3.49. The molecule has 0 fully saturated rings. The van der Waals surface area contributed by atoms with Crippen molar-refractivity contribution in [1.29, 1.82) is 0 Å². The summed E-state index contributed by atoms with van der Waals surface area (Å²) in [6.45, 7) is 0. The largest absolute Gasteiger partial charge is 0.495 e. The Bertz CT molecular complexity index is 364. The summed E-state index contributed by atoms with van der Waals surface area (Å²) in [4.78, 5) is 10.2. The van der Waals surface area contributed by atoms with Crippen molar-refractivity contribution in [3.8, 4) is 5.75 Å². The van der Waals surface area contributed by atoms with Crippen LogP contribution in [0.4, 0.5) is 0 Å². The average molecular weight is 261 g/mol. The molecule has 1 aromatic carbocycles. The lowest BCUT2D eigenvalue weighted by atomic mass is 10.1. The summed E-state index contributed by atoms with van der Waals surface area (Å²) < 4.78 is 5.23. The number of ether oxygens (including phenoxy) is 1. The Hall–Kier alpha value is -0.730. The van der Waals surface area contributed by atoms with Gasteiger partial charge in [-0.15, -0.1) is 0 Å². The van der Waals surface area contributed by atoms with E-state index in [0.717, 1.165) is 31.1 Å². The monoisotopic (exact) mass is 260 g/mol. The van der Waals surface area contributed by atoms with Crippen LogP contribution in [0.25, 0.3) is 0 Å². The molecule has 4 heteroatoms. The van der Waals surface area contributed by atoms with Crippen molar-refractivity contribution in [1.82, 2.24) is 0 Å². The van der Waals surface area contributed by atoms with Gasteiger partial charge in [0.2, 0.25) is 0 Å². The standard InChI is InChI=1S/C12H14Cl2O2/c1-16-12-9(5-3-2-4-6-15)7-10(13)8-11(12)14/h6-8H,2-5H2,1H3. The van der Waals surface area contributed by atoms with Gasteiger partial charge in [-0.1, -0.05) is 23.2 Å². The number of hydrogen-bond donors (Lipinski definition) is 0. The highest BCUT2D eigenvalue weighted by Crippen LogP contribution is 2.33. The summed E-state index contributed by atoms with van der Waals surface area (Å²) in [6, 6.07) is 3.52. The molecule has 0 radical (unpaired) electrons. The first-order valence-corrected chi connectivity index (χ1v) is 5.90. The number of carbonyl (C=O) groups is 1. The van der Waals surface area contributed by atoms with Crippen molar-refractivity contribution in [2.24, 2.45) is 0 Å². The van der Waals surface area contributed by atoms with Crippen LogP contribution in [-0.4, -0.2) is 13.4 Å². The van der Waals surface area contributed by atoms with Gasteiger partial charge in [-0.25, -0.2) is 0 Å². The van der Waals surface area contributed by atoms with Crippen molar-refractivity contribution < 1.29 is 9.53 Å². The minimum absolute atomic E-state index is 0.528. The summed E-state index contributed by atoms with van der Waals surface area (Å²) in [6.07, 6.45) is 4.14. The molecule has 0 saturated heterocycles. The van der Waals surface area contributed by atoms with Gasteiger partial charge in [-0.05, 0) is 37.0 Å². The molecule has 0 heterocycles. The van der Waals surface area contributed by atoms with E-state index in [-0.39, 0.29) is 0 Å². The van der Waals surface area contributed by atoms with Crippen LogP contribution in [0.3, 0.4) is 0 Å². The number of unbranched alkanes of at least 4 members (excludes halogenated alkanes) is 2. The highest BCUT2D eigenvalue weighted by Gasteiger charge is 2.09. The van der Waals surface area contributed by atoms with Gasteiger partial charge in [0.25, 0.3) is 0 Å². The van der Waals surface area contributed by atoms with Gasteiger partial charge in [-0.2, -0.15) is 0 Å². The number of halogens is 2. The van der Waals surface area contributed by atoms with Crippen LogP contribution in [0.5, 0.6) is 5.75 Å². The third-order valence-electron chi connectivity index (χ3n) is 2.31. The maximum Gasteiger partial charge on any atom is 0.140 e. The zero-order valence-electron chi connectivity index (χ0n) is 9.13. The summed E-state index contributed by atoms with van der Waals surface area (Å²) in [5.74, 6) is 0.678. The van der Waals surface area contributed by atoms with E-state index in [1.54, 1.807) is 13.2 Å². The second-order valence-corrected chi connectivity index (χ2v) is 4.34. The van der Waals surface area contributed by atoms with E-state index in [2.05, 4.69) is 0 Å². The van der Waals surface area contributed by atoms with E-state index in [9.17, 15) is 4.79 Å². The minimum atomic E-state index is 0.528. The number of carbonyl (C=O) groups excluding carboxylic acids is 1. The second kappa shape index (κ2) is 6.77. The molecule has 0 aliphatic carbocycles. The van der Waals surface area contributed by atoms with Crippen LogP contribution in [0.2, 0.25) is 10.0 Å². The molecule has 0 aliphatic heterocycles. The third-order valence-corrected chi connectivity index (χ3v) is 2.81. The first-order chi connectivity index (χ1) is 7.69. The molecular formula is C12H14Cl2O2. The Morgan fingerprint density at radius 3 is 2.69 bits per heavy atom. The summed E-state index contributed by atoms with van der Waals surface area (Å²) in [5, 5.41) is 1.14. The van der Waals surface area contributed by atoms with Gasteiger partial charge >= 0.3 is 0 Å². The van der Waals surface area contributed by atoms with Gasteiger partial charge in [0.1, 0.15) is 12.0 Å². The molecule has 1 aromatic rings. The number of aldehydes is 1. The van der Waals surface area contributed by atoms with E-state index in [1.807, 2.05) is 6.07 Å². The summed E-state index contributed by atoms with van der Waals surface area (Å²) in [5.41, 5.74) is 0.992. The third kappa shape index (κ3) is 3.69. The van der Waals surface area contributed by atoms with E-state index in [0.29, 0.717) is 22.2 Å². The lowest BCUT2D eigenvalue weighted by Crippen LogP contribution is -1.94. The molecule has 0 unspecified atom stereocenters. The molecule has 0 aliphatic rings. The molecule has 0 aromatic heterocycles. The number of methoxy groups -OCH3 is 1. The number of hydrogen-bond acceptors (Lipinski definition) is 2. The molecular weight excluding hydrogens is 247 g/mol. The number of aryl methyl sites for hydroxylation is 1. The Morgan fingerprint density at radius 2 is 2.06 bits per heavy atom. The molecule has 0 saturated carbocycles. The van der Waals surface area contributed by atoms with Crippen LogP contribution in [0.1, 0.15) is 24.8 Å². The van der Waals surface area contributed by atoms with Crippen molar-refractivity contribution in [3.05, 3.63) is 27.7 Å². The van der Waals surface area contributed by atoms with Crippen molar-refractivity contribution in [2.75, 3.05) is 7.11 Å². The van der Waals surface area contributed by atoms with Crippen molar-refractivity contribution in [2.45, 2.75) is 25.7 Å². The molecule has 0 spiro atoms. The average Bonchev–Trinajstić information content (AvgIpc) is 2.24. The molecule has 0 bridgehead atoms. The molecule has 0 atom stereocenters.